The molecule has 0 unspecified atom stereocenters. The first-order valence-electron chi connectivity index (χ1n) is 7.99. The standard InChI is InChI=1S/C17H22N4O3.HI/c1-4-18-17(20-9-16-21-11(2)12(3)24-16)19-8-13-5-6-14-15(7-13)23-10-22-14;/h5-7H,4,8-10H2,1-3H3,(H2,18,19,20);1H. The van der Waals surface area contributed by atoms with Gasteiger partial charge in [-0.05, 0) is 38.5 Å². The van der Waals surface area contributed by atoms with Gasteiger partial charge in [0.05, 0.1) is 18.8 Å². The number of aliphatic imine (C=N–C) groups is 1. The van der Waals surface area contributed by atoms with Crippen molar-refractivity contribution in [2.45, 2.75) is 33.9 Å². The summed E-state index contributed by atoms with van der Waals surface area (Å²) in [6.45, 7) is 7.94. The van der Waals surface area contributed by atoms with Crippen molar-refractivity contribution in [2.75, 3.05) is 13.3 Å². The molecule has 0 amide bonds. The van der Waals surface area contributed by atoms with Crippen molar-refractivity contribution < 1.29 is 13.9 Å². The van der Waals surface area contributed by atoms with Gasteiger partial charge >= 0.3 is 0 Å². The summed E-state index contributed by atoms with van der Waals surface area (Å²) in [5.41, 5.74) is 1.97. The number of rotatable bonds is 5. The molecule has 0 aliphatic carbocycles. The molecule has 1 aromatic carbocycles. The lowest BCUT2D eigenvalue weighted by Crippen LogP contribution is -2.36. The first kappa shape index (κ1) is 19.4. The highest BCUT2D eigenvalue weighted by molar-refractivity contribution is 14.0. The molecule has 0 atom stereocenters. The van der Waals surface area contributed by atoms with Gasteiger partial charge < -0.3 is 24.5 Å². The lowest BCUT2D eigenvalue weighted by Gasteiger charge is -2.10. The van der Waals surface area contributed by atoms with Crippen LogP contribution in [0.25, 0.3) is 0 Å². The van der Waals surface area contributed by atoms with E-state index in [0.29, 0.717) is 24.9 Å². The third kappa shape index (κ3) is 5.00. The Labute approximate surface area is 164 Å². The number of guanidine groups is 1. The SMILES string of the molecule is CCNC(=NCc1ccc2c(c1)OCO2)NCc1nc(C)c(C)o1.I. The molecule has 25 heavy (non-hydrogen) atoms. The van der Waals surface area contributed by atoms with Gasteiger partial charge in [-0.1, -0.05) is 6.07 Å². The van der Waals surface area contributed by atoms with Crippen molar-refractivity contribution in [3.05, 3.63) is 41.1 Å². The van der Waals surface area contributed by atoms with Crippen LogP contribution in [0, 0.1) is 13.8 Å². The molecular formula is C17H23IN4O3. The average Bonchev–Trinajstić information content (AvgIpc) is 3.16. The fourth-order valence-electron chi connectivity index (χ4n) is 2.33. The van der Waals surface area contributed by atoms with Crippen LogP contribution in [0.1, 0.15) is 29.8 Å². The normalized spacial score (nSPS) is 12.7. The van der Waals surface area contributed by atoms with Crippen molar-refractivity contribution in [1.82, 2.24) is 15.6 Å². The Morgan fingerprint density at radius 2 is 2.00 bits per heavy atom. The van der Waals surface area contributed by atoms with E-state index in [2.05, 4.69) is 20.6 Å². The van der Waals surface area contributed by atoms with Crippen molar-refractivity contribution in [2.24, 2.45) is 4.99 Å². The smallest absolute Gasteiger partial charge is 0.231 e. The number of hydrogen-bond acceptors (Lipinski definition) is 5. The highest BCUT2D eigenvalue weighted by Crippen LogP contribution is 2.32. The number of benzene rings is 1. The van der Waals surface area contributed by atoms with E-state index in [1.165, 1.54) is 0 Å². The van der Waals surface area contributed by atoms with Gasteiger partial charge in [0.25, 0.3) is 0 Å². The molecule has 8 heteroatoms. The highest BCUT2D eigenvalue weighted by atomic mass is 127. The zero-order valence-corrected chi connectivity index (χ0v) is 16.9. The molecule has 0 spiro atoms. The summed E-state index contributed by atoms with van der Waals surface area (Å²) in [6, 6.07) is 5.85. The monoisotopic (exact) mass is 458 g/mol. The molecule has 0 radical (unpaired) electrons. The molecule has 1 aliphatic heterocycles. The second-order valence-electron chi connectivity index (χ2n) is 5.49. The van der Waals surface area contributed by atoms with E-state index in [1.54, 1.807) is 0 Å². The van der Waals surface area contributed by atoms with Crippen molar-refractivity contribution in [1.29, 1.82) is 0 Å². The molecule has 2 N–H and O–H groups in total. The Morgan fingerprint density at radius 3 is 2.72 bits per heavy atom. The summed E-state index contributed by atoms with van der Waals surface area (Å²) in [5.74, 6) is 3.75. The topological polar surface area (TPSA) is 80.9 Å². The van der Waals surface area contributed by atoms with Gasteiger partial charge in [-0.2, -0.15) is 0 Å². The number of ether oxygens (including phenoxy) is 2. The number of oxazole rings is 1. The maximum absolute atomic E-state index is 5.57. The van der Waals surface area contributed by atoms with E-state index in [4.69, 9.17) is 13.9 Å². The van der Waals surface area contributed by atoms with Crippen LogP contribution in [-0.2, 0) is 13.1 Å². The summed E-state index contributed by atoms with van der Waals surface area (Å²) in [5, 5.41) is 6.44. The number of aryl methyl sites for hydroxylation is 2. The minimum Gasteiger partial charge on any atom is -0.454 e. The number of aromatic nitrogens is 1. The summed E-state index contributed by atoms with van der Waals surface area (Å²) in [4.78, 5) is 8.94. The number of fused-ring (bicyclic) bond motifs is 1. The lowest BCUT2D eigenvalue weighted by molar-refractivity contribution is 0.174. The van der Waals surface area contributed by atoms with E-state index in [9.17, 15) is 0 Å². The van der Waals surface area contributed by atoms with Gasteiger partial charge in [0.1, 0.15) is 5.76 Å². The molecule has 2 aromatic rings. The van der Waals surface area contributed by atoms with Gasteiger partial charge in [-0.15, -0.1) is 24.0 Å². The van der Waals surface area contributed by atoms with Gasteiger partial charge in [-0.3, -0.25) is 0 Å². The van der Waals surface area contributed by atoms with Gasteiger partial charge in [0.2, 0.25) is 12.7 Å². The van der Waals surface area contributed by atoms with Gasteiger partial charge in [-0.25, -0.2) is 9.98 Å². The molecule has 0 saturated heterocycles. The molecule has 0 fully saturated rings. The molecule has 0 saturated carbocycles. The Kier molecular flexibility index (Phi) is 6.91. The largest absolute Gasteiger partial charge is 0.454 e. The Balaban J connectivity index is 0.00000225. The minimum absolute atomic E-state index is 0. The minimum atomic E-state index is 0. The molecule has 1 aromatic heterocycles. The number of halogens is 1. The van der Waals surface area contributed by atoms with Crippen molar-refractivity contribution in [3.8, 4) is 11.5 Å². The lowest BCUT2D eigenvalue weighted by atomic mass is 10.2. The fourth-order valence-corrected chi connectivity index (χ4v) is 2.33. The first-order chi connectivity index (χ1) is 11.7. The van der Waals surface area contributed by atoms with Crippen LogP contribution in [0.2, 0.25) is 0 Å². The van der Waals surface area contributed by atoms with Crippen LogP contribution in [-0.4, -0.2) is 24.3 Å². The Bertz CT molecular complexity index is 726. The van der Waals surface area contributed by atoms with Crippen LogP contribution in [0.15, 0.2) is 27.6 Å². The van der Waals surface area contributed by atoms with E-state index >= 15 is 0 Å². The molecular weight excluding hydrogens is 435 g/mol. The van der Waals surface area contributed by atoms with Gasteiger partial charge in [0.15, 0.2) is 17.5 Å². The molecule has 7 nitrogen and oxygen atoms in total. The Hall–Kier alpha value is -1.97. The van der Waals surface area contributed by atoms with Crippen molar-refractivity contribution >= 4 is 29.9 Å². The number of nitrogens with one attached hydrogen (secondary N) is 2. The predicted octanol–water partition coefficient (Wildman–Crippen LogP) is 2.89. The maximum atomic E-state index is 5.57. The van der Waals surface area contributed by atoms with E-state index in [1.807, 2.05) is 39.0 Å². The third-order valence-electron chi connectivity index (χ3n) is 3.68. The van der Waals surface area contributed by atoms with Crippen LogP contribution >= 0.6 is 24.0 Å². The molecule has 1 aliphatic rings. The van der Waals surface area contributed by atoms with E-state index < -0.39 is 0 Å². The summed E-state index contributed by atoms with van der Waals surface area (Å²) in [7, 11) is 0. The predicted molar refractivity (Wildman–Crippen MR) is 106 cm³/mol. The zero-order chi connectivity index (χ0) is 16.9. The molecule has 0 bridgehead atoms. The molecule has 136 valence electrons. The molecule has 2 heterocycles. The quantitative estimate of drug-likeness (QED) is 0.408. The summed E-state index contributed by atoms with van der Waals surface area (Å²) < 4.78 is 16.3. The van der Waals surface area contributed by atoms with Crippen LogP contribution < -0.4 is 20.1 Å². The van der Waals surface area contributed by atoms with E-state index in [0.717, 1.165) is 35.1 Å². The molecule has 3 rings (SSSR count). The zero-order valence-electron chi connectivity index (χ0n) is 14.6. The average molecular weight is 458 g/mol. The fraction of sp³-hybridized carbons (Fsp3) is 0.412. The van der Waals surface area contributed by atoms with E-state index in [-0.39, 0.29) is 30.8 Å². The Morgan fingerprint density at radius 1 is 1.20 bits per heavy atom. The van der Waals surface area contributed by atoms with Crippen LogP contribution in [0.3, 0.4) is 0 Å². The highest BCUT2D eigenvalue weighted by Gasteiger charge is 2.13. The second kappa shape index (κ2) is 8.93. The maximum Gasteiger partial charge on any atom is 0.231 e. The third-order valence-corrected chi connectivity index (χ3v) is 3.68. The number of nitrogens with zero attached hydrogens (tertiary/aromatic N) is 2. The summed E-state index contributed by atoms with van der Waals surface area (Å²) >= 11 is 0. The van der Waals surface area contributed by atoms with Crippen LogP contribution in [0.5, 0.6) is 11.5 Å². The second-order valence-corrected chi connectivity index (χ2v) is 5.49. The number of hydrogen-bond donors (Lipinski definition) is 2. The van der Waals surface area contributed by atoms with Gasteiger partial charge in [0, 0.05) is 6.54 Å². The van der Waals surface area contributed by atoms with Crippen LogP contribution in [0.4, 0.5) is 0 Å². The first-order valence-corrected chi connectivity index (χ1v) is 7.99. The van der Waals surface area contributed by atoms with Crippen molar-refractivity contribution in [3.63, 3.8) is 0 Å². The summed E-state index contributed by atoms with van der Waals surface area (Å²) in [6.07, 6.45) is 0.